The van der Waals surface area contributed by atoms with Crippen LogP contribution in [0.4, 0.5) is 5.82 Å². The summed E-state index contributed by atoms with van der Waals surface area (Å²) in [6, 6.07) is 0. The van der Waals surface area contributed by atoms with E-state index in [0.29, 0.717) is 35.0 Å². The van der Waals surface area contributed by atoms with Crippen molar-refractivity contribution in [3.63, 3.8) is 0 Å². The molecule has 1 aliphatic heterocycles. The molecule has 2 aromatic heterocycles. The van der Waals surface area contributed by atoms with Crippen LogP contribution in [0.15, 0.2) is 0 Å². The van der Waals surface area contributed by atoms with Gasteiger partial charge in [-0.15, -0.1) is 11.3 Å². The van der Waals surface area contributed by atoms with E-state index in [4.69, 9.17) is 16.3 Å². The Labute approximate surface area is 147 Å². The highest BCUT2D eigenvalue weighted by Crippen LogP contribution is 2.37. The Kier molecular flexibility index (Phi) is 4.60. The third-order valence-corrected chi connectivity index (χ3v) is 5.52. The quantitative estimate of drug-likeness (QED) is 0.656. The van der Waals surface area contributed by atoms with Crippen molar-refractivity contribution in [2.45, 2.75) is 19.8 Å². The molecule has 0 aliphatic carbocycles. The zero-order valence-electron chi connectivity index (χ0n) is 13.2. The van der Waals surface area contributed by atoms with Crippen LogP contribution in [0.2, 0.25) is 5.28 Å². The van der Waals surface area contributed by atoms with Gasteiger partial charge in [0.15, 0.2) is 0 Å². The molecule has 1 N–H and O–H groups in total. The highest BCUT2D eigenvalue weighted by atomic mass is 35.5. The monoisotopic (exact) mass is 369 g/mol. The van der Waals surface area contributed by atoms with Crippen LogP contribution in [0, 0.1) is 12.8 Å². The number of thiophene rings is 1. The third kappa shape index (κ3) is 2.91. The van der Waals surface area contributed by atoms with E-state index in [1.54, 1.807) is 0 Å². The van der Waals surface area contributed by atoms with Gasteiger partial charge in [0, 0.05) is 13.1 Å². The summed E-state index contributed by atoms with van der Waals surface area (Å²) in [5.74, 6) is -1.10. The van der Waals surface area contributed by atoms with E-state index in [1.807, 2.05) is 11.8 Å². The molecule has 0 spiro atoms. The summed E-state index contributed by atoms with van der Waals surface area (Å²) in [7, 11) is 1.33. The van der Waals surface area contributed by atoms with Crippen molar-refractivity contribution in [1.82, 2.24) is 9.97 Å². The Hall–Kier alpha value is -1.93. The number of aryl methyl sites for hydroxylation is 1. The van der Waals surface area contributed by atoms with Crippen LogP contribution in [0.5, 0.6) is 0 Å². The number of rotatable bonds is 3. The number of hydrogen-bond acceptors (Lipinski definition) is 7. The van der Waals surface area contributed by atoms with Gasteiger partial charge >= 0.3 is 11.9 Å². The van der Waals surface area contributed by atoms with Crippen molar-refractivity contribution >= 4 is 50.9 Å². The van der Waals surface area contributed by atoms with E-state index >= 15 is 0 Å². The molecule has 1 saturated heterocycles. The number of carboxylic acid groups (broad SMARTS) is 1. The minimum absolute atomic E-state index is 0.0765. The van der Waals surface area contributed by atoms with Crippen molar-refractivity contribution in [2.75, 3.05) is 25.1 Å². The molecule has 7 nitrogen and oxygen atoms in total. The molecule has 1 atom stereocenters. The lowest BCUT2D eigenvalue weighted by molar-refractivity contribution is -0.141. The summed E-state index contributed by atoms with van der Waals surface area (Å²) < 4.78 is 4.81. The molecule has 1 aliphatic rings. The van der Waals surface area contributed by atoms with Gasteiger partial charge in [0.05, 0.1) is 18.4 Å². The number of ether oxygens (including phenoxy) is 1. The second kappa shape index (κ2) is 6.52. The van der Waals surface area contributed by atoms with E-state index < -0.39 is 17.9 Å². The smallest absolute Gasteiger partial charge is 0.348 e. The Morgan fingerprint density at radius 2 is 2.17 bits per heavy atom. The number of fused-ring (bicyclic) bond motifs is 1. The molecule has 3 heterocycles. The molecule has 0 saturated carbocycles. The van der Waals surface area contributed by atoms with Crippen LogP contribution in [-0.4, -0.2) is 47.2 Å². The van der Waals surface area contributed by atoms with Crippen LogP contribution >= 0.6 is 22.9 Å². The Morgan fingerprint density at radius 3 is 2.83 bits per heavy atom. The van der Waals surface area contributed by atoms with Gasteiger partial charge in [0.25, 0.3) is 0 Å². The zero-order chi connectivity index (χ0) is 17.4. The van der Waals surface area contributed by atoms with Gasteiger partial charge in [0.2, 0.25) is 5.28 Å². The molecule has 3 rings (SSSR count). The Morgan fingerprint density at radius 1 is 1.42 bits per heavy atom. The van der Waals surface area contributed by atoms with Gasteiger partial charge in [0.1, 0.15) is 15.5 Å². The largest absolute Gasteiger partial charge is 0.481 e. The number of carboxylic acids is 1. The Balaban J connectivity index is 2.11. The number of methoxy groups -OCH3 is 1. The average Bonchev–Trinajstić information content (AvgIpc) is 2.90. The normalized spacial score (nSPS) is 18.0. The molecule has 1 unspecified atom stereocenters. The van der Waals surface area contributed by atoms with Crippen molar-refractivity contribution in [2.24, 2.45) is 5.92 Å². The fourth-order valence-corrected chi connectivity index (χ4v) is 4.29. The van der Waals surface area contributed by atoms with E-state index in [1.165, 1.54) is 18.4 Å². The van der Waals surface area contributed by atoms with Gasteiger partial charge in [-0.1, -0.05) is 0 Å². The molecule has 0 amide bonds. The second-order valence-electron chi connectivity index (χ2n) is 5.67. The predicted octanol–water partition coefficient (Wildman–Crippen LogP) is 2.74. The second-order valence-corrected chi connectivity index (χ2v) is 7.00. The molecule has 9 heteroatoms. The minimum Gasteiger partial charge on any atom is -0.481 e. The van der Waals surface area contributed by atoms with Crippen molar-refractivity contribution in [3.8, 4) is 0 Å². The van der Waals surface area contributed by atoms with Crippen molar-refractivity contribution < 1.29 is 19.4 Å². The lowest BCUT2D eigenvalue weighted by Gasteiger charge is -2.32. The number of halogens is 1. The van der Waals surface area contributed by atoms with Gasteiger partial charge in [-0.25, -0.2) is 9.78 Å². The van der Waals surface area contributed by atoms with Gasteiger partial charge in [-0.3, -0.25) is 4.79 Å². The fraction of sp³-hybridized carbons (Fsp3) is 0.467. The maximum atomic E-state index is 11.9. The molecule has 0 radical (unpaired) electrons. The minimum atomic E-state index is -0.812. The molecule has 1 fully saturated rings. The number of anilines is 1. The van der Waals surface area contributed by atoms with Gasteiger partial charge < -0.3 is 14.7 Å². The molecule has 0 aromatic carbocycles. The summed E-state index contributed by atoms with van der Waals surface area (Å²) in [6.45, 7) is 2.86. The highest BCUT2D eigenvalue weighted by molar-refractivity contribution is 7.20. The number of aliphatic carboxylic acids is 1. The SMILES string of the molecule is COC(=O)c1sc2nc(Cl)nc(N3CCCC(C(=O)O)C3)c2c1C. The number of hydrogen-bond donors (Lipinski definition) is 1. The van der Waals surface area contributed by atoms with E-state index in [0.717, 1.165) is 17.4 Å². The maximum Gasteiger partial charge on any atom is 0.348 e. The maximum absolute atomic E-state index is 11.9. The molecule has 128 valence electrons. The fourth-order valence-electron chi connectivity index (χ4n) is 2.98. The molecule has 24 heavy (non-hydrogen) atoms. The van der Waals surface area contributed by atoms with Crippen molar-refractivity contribution in [1.29, 1.82) is 0 Å². The summed E-state index contributed by atoms with van der Waals surface area (Å²) in [6.07, 6.45) is 1.40. The van der Waals surface area contributed by atoms with E-state index in [2.05, 4.69) is 9.97 Å². The number of nitrogens with zero attached hydrogens (tertiary/aromatic N) is 3. The zero-order valence-corrected chi connectivity index (χ0v) is 14.8. The summed E-state index contributed by atoms with van der Waals surface area (Å²) in [5, 5.41) is 10.1. The van der Waals surface area contributed by atoms with Crippen LogP contribution in [0.3, 0.4) is 0 Å². The first kappa shape index (κ1) is 16.9. The molecular formula is C15H16ClN3O4S. The van der Waals surface area contributed by atoms with Crippen molar-refractivity contribution in [3.05, 3.63) is 15.7 Å². The molecule has 0 bridgehead atoms. The van der Waals surface area contributed by atoms with Gasteiger partial charge in [-0.2, -0.15) is 4.98 Å². The first-order valence-electron chi connectivity index (χ1n) is 7.45. The summed E-state index contributed by atoms with van der Waals surface area (Å²) in [4.78, 5) is 34.7. The number of esters is 1. The van der Waals surface area contributed by atoms with Crippen LogP contribution in [-0.2, 0) is 9.53 Å². The number of aromatic nitrogens is 2. The average molecular weight is 370 g/mol. The number of carbonyl (C=O) groups excluding carboxylic acids is 1. The number of piperidine rings is 1. The highest BCUT2D eigenvalue weighted by Gasteiger charge is 2.29. The third-order valence-electron chi connectivity index (χ3n) is 4.18. The summed E-state index contributed by atoms with van der Waals surface area (Å²) in [5.41, 5.74) is 0.728. The predicted molar refractivity (Wildman–Crippen MR) is 91.1 cm³/mol. The van der Waals surface area contributed by atoms with Crippen LogP contribution in [0.1, 0.15) is 28.1 Å². The van der Waals surface area contributed by atoms with E-state index in [-0.39, 0.29) is 5.28 Å². The van der Waals surface area contributed by atoms with Crippen LogP contribution < -0.4 is 4.90 Å². The summed E-state index contributed by atoms with van der Waals surface area (Å²) >= 11 is 7.25. The lowest BCUT2D eigenvalue weighted by Crippen LogP contribution is -2.39. The van der Waals surface area contributed by atoms with Crippen LogP contribution in [0.25, 0.3) is 10.2 Å². The molecule has 2 aromatic rings. The Bertz CT molecular complexity index is 823. The topological polar surface area (TPSA) is 92.6 Å². The first-order valence-corrected chi connectivity index (χ1v) is 8.64. The first-order chi connectivity index (χ1) is 11.4. The molecular weight excluding hydrogens is 354 g/mol. The lowest BCUT2D eigenvalue weighted by atomic mass is 9.98. The van der Waals surface area contributed by atoms with Gasteiger partial charge in [-0.05, 0) is 36.9 Å². The van der Waals surface area contributed by atoms with E-state index in [9.17, 15) is 14.7 Å². The number of carbonyl (C=O) groups is 2. The standard InChI is InChI=1S/C15H16ClN3O4S/c1-7-9-11(19-5-3-4-8(6-19)13(20)21)17-15(16)18-12(9)24-10(7)14(22)23-2/h8H,3-6H2,1-2H3,(H,20,21).